The summed E-state index contributed by atoms with van der Waals surface area (Å²) in [5, 5.41) is 0.710. The zero-order valence-electron chi connectivity index (χ0n) is 13.7. The average molecular weight is 329 g/mol. The van der Waals surface area contributed by atoms with Crippen LogP contribution in [0.3, 0.4) is 0 Å². The Morgan fingerprint density at radius 2 is 1.91 bits per heavy atom. The van der Waals surface area contributed by atoms with Gasteiger partial charge < -0.3 is 4.74 Å². The number of carbonyl (C=O) groups excluding carboxylic acids is 1. The molecule has 0 radical (unpaired) electrons. The zero-order chi connectivity index (χ0) is 16.6. The highest BCUT2D eigenvalue weighted by atomic mass is 35.5. The number of rotatable bonds is 4. The smallest absolute Gasteiger partial charge is 0.314 e. The molecule has 0 amide bonds. The molecule has 0 unspecified atom stereocenters. The van der Waals surface area contributed by atoms with E-state index in [1.54, 1.807) is 0 Å². The number of aryl methyl sites for hydroxylation is 1. The Labute approximate surface area is 142 Å². The molecule has 120 valence electrons. The maximum atomic E-state index is 12.5. The standard InChI is InChI=1S/C20H21ClO2/c1-12(2)15-11-18(21)13(3)9-19(15)23-20(22)17-10-16(17)14-7-5-4-6-8-14/h4-9,11-12,16-17H,10H2,1-3H3/t16-,17+/m1/s1. The largest absolute Gasteiger partial charge is 0.426 e. The highest BCUT2D eigenvalue weighted by Crippen LogP contribution is 2.48. The van der Waals surface area contributed by atoms with Crippen LogP contribution in [0.25, 0.3) is 0 Å². The number of ether oxygens (including phenoxy) is 1. The van der Waals surface area contributed by atoms with Gasteiger partial charge in [0.1, 0.15) is 5.75 Å². The van der Waals surface area contributed by atoms with Gasteiger partial charge in [0.05, 0.1) is 5.92 Å². The highest BCUT2D eigenvalue weighted by Gasteiger charge is 2.45. The first-order valence-corrected chi connectivity index (χ1v) is 8.42. The van der Waals surface area contributed by atoms with Crippen LogP contribution in [0.5, 0.6) is 5.75 Å². The van der Waals surface area contributed by atoms with Gasteiger partial charge in [-0.3, -0.25) is 4.79 Å². The summed E-state index contributed by atoms with van der Waals surface area (Å²) in [5.41, 5.74) is 3.12. The van der Waals surface area contributed by atoms with Crippen molar-refractivity contribution in [3.8, 4) is 5.75 Å². The molecule has 0 spiro atoms. The Hall–Kier alpha value is -1.80. The molecule has 2 atom stereocenters. The molecule has 1 fully saturated rings. The van der Waals surface area contributed by atoms with Crippen LogP contribution in [-0.2, 0) is 4.79 Å². The molecule has 1 aliphatic carbocycles. The van der Waals surface area contributed by atoms with E-state index in [0.717, 1.165) is 17.5 Å². The van der Waals surface area contributed by atoms with Gasteiger partial charge >= 0.3 is 5.97 Å². The lowest BCUT2D eigenvalue weighted by molar-refractivity contribution is -0.136. The fraction of sp³-hybridized carbons (Fsp3) is 0.350. The second-order valence-corrected chi connectivity index (χ2v) is 6.98. The molecular weight excluding hydrogens is 308 g/mol. The van der Waals surface area contributed by atoms with Gasteiger partial charge in [0.2, 0.25) is 0 Å². The number of halogens is 1. The summed E-state index contributed by atoms with van der Waals surface area (Å²) < 4.78 is 5.72. The van der Waals surface area contributed by atoms with Gasteiger partial charge in [-0.2, -0.15) is 0 Å². The lowest BCUT2D eigenvalue weighted by Crippen LogP contribution is -2.13. The van der Waals surface area contributed by atoms with Gasteiger partial charge in [-0.15, -0.1) is 0 Å². The summed E-state index contributed by atoms with van der Waals surface area (Å²) in [6.07, 6.45) is 0.867. The van der Waals surface area contributed by atoms with Crippen LogP contribution in [0.2, 0.25) is 5.02 Å². The molecule has 2 aromatic carbocycles. The van der Waals surface area contributed by atoms with E-state index in [0.29, 0.717) is 16.7 Å². The van der Waals surface area contributed by atoms with Crippen molar-refractivity contribution in [2.45, 2.75) is 39.0 Å². The summed E-state index contributed by atoms with van der Waals surface area (Å²) in [5.74, 6) is 1.01. The number of benzene rings is 2. The van der Waals surface area contributed by atoms with E-state index in [1.165, 1.54) is 5.56 Å². The van der Waals surface area contributed by atoms with Crippen molar-refractivity contribution in [2.24, 2.45) is 5.92 Å². The van der Waals surface area contributed by atoms with E-state index in [9.17, 15) is 4.79 Å². The second-order valence-electron chi connectivity index (χ2n) is 6.57. The van der Waals surface area contributed by atoms with Crippen molar-refractivity contribution in [1.29, 1.82) is 0 Å². The van der Waals surface area contributed by atoms with E-state index in [1.807, 2.05) is 37.3 Å². The third-order valence-electron chi connectivity index (χ3n) is 4.44. The zero-order valence-corrected chi connectivity index (χ0v) is 14.4. The van der Waals surface area contributed by atoms with Gasteiger partial charge in [-0.05, 0) is 54.0 Å². The molecule has 3 heteroatoms. The Morgan fingerprint density at radius 3 is 2.57 bits per heavy atom. The third-order valence-corrected chi connectivity index (χ3v) is 4.85. The first kappa shape index (κ1) is 16.1. The SMILES string of the molecule is Cc1cc(OC(=O)[C@H]2C[C@@H]2c2ccccc2)c(C(C)C)cc1Cl. The fourth-order valence-corrected chi connectivity index (χ4v) is 3.09. The molecule has 3 rings (SSSR count). The summed E-state index contributed by atoms with van der Waals surface area (Å²) >= 11 is 6.20. The summed E-state index contributed by atoms with van der Waals surface area (Å²) in [7, 11) is 0. The Morgan fingerprint density at radius 1 is 1.22 bits per heavy atom. The van der Waals surface area contributed by atoms with Crippen molar-refractivity contribution in [3.63, 3.8) is 0 Å². The van der Waals surface area contributed by atoms with Crippen LogP contribution in [0.1, 0.15) is 48.8 Å². The molecule has 1 saturated carbocycles. The molecule has 0 saturated heterocycles. The maximum absolute atomic E-state index is 12.5. The first-order chi connectivity index (χ1) is 11.0. The second kappa shape index (κ2) is 6.37. The average Bonchev–Trinajstić information content (AvgIpc) is 3.32. The van der Waals surface area contributed by atoms with Gasteiger partial charge in [0, 0.05) is 5.02 Å². The minimum Gasteiger partial charge on any atom is -0.426 e. The minimum absolute atomic E-state index is 0.0339. The monoisotopic (exact) mass is 328 g/mol. The third kappa shape index (κ3) is 3.42. The predicted molar refractivity (Wildman–Crippen MR) is 93.2 cm³/mol. The number of hydrogen-bond acceptors (Lipinski definition) is 2. The van der Waals surface area contributed by atoms with Crippen molar-refractivity contribution >= 4 is 17.6 Å². The lowest BCUT2D eigenvalue weighted by atomic mass is 10.0. The lowest BCUT2D eigenvalue weighted by Gasteiger charge is -2.15. The molecule has 0 aliphatic heterocycles. The van der Waals surface area contributed by atoms with Crippen LogP contribution in [0.4, 0.5) is 0 Å². The summed E-state index contributed by atoms with van der Waals surface area (Å²) in [6.45, 7) is 6.07. The quantitative estimate of drug-likeness (QED) is 0.548. The number of hydrogen-bond donors (Lipinski definition) is 0. The molecular formula is C20H21ClO2. The number of carbonyl (C=O) groups is 1. The Bertz CT molecular complexity index is 722. The minimum atomic E-state index is -0.137. The molecule has 0 heterocycles. The normalized spacial score (nSPS) is 19.7. The van der Waals surface area contributed by atoms with Crippen LogP contribution < -0.4 is 4.74 Å². The van der Waals surface area contributed by atoms with Crippen LogP contribution >= 0.6 is 11.6 Å². The van der Waals surface area contributed by atoms with Crippen molar-refractivity contribution in [2.75, 3.05) is 0 Å². The molecule has 0 N–H and O–H groups in total. The van der Waals surface area contributed by atoms with E-state index in [-0.39, 0.29) is 17.8 Å². The first-order valence-electron chi connectivity index (χ1n) is 8.04. The van der Waals surface area contributed by atoms with E-state index in [2.05, 4.69) is 26.0 Å². The number of esters is 1. The van der Waals surface area contributed by atoms with E-state index in [4.69, 9.17) is 16.3 Å². The van der Waals surface area contributed by atoms with Gasteiger partial charge in [0.15, 0.2) is 0 Å². The highest BCUT2D eigenvalue weighted by molar-refractivity contribution is 6.31. The maximum Gasteiger partial charge on any atom is 0.314 e. The van der Waals surface area contributed by atoms with Crippen LogP contribution in [0.15, 0.2) is 42.5 Å². The van der Waals surface area contributed by atoms with E-state index < -0.39 is 0 Å². The summed E-state index contributed by atoms with van der Waals surface area (Å²) in [4.78, 5) is 12.5. The van der Waals surface area contributed by atoms with Gasteiger partial charge in [-0.25, -0.2) is 0 Å². The molecule has 2 nitrogen and oxygen atoms in total. The van der Waals surface area contributed by atoms with Crippen LogP contribution in [0, 0.1) is 12.8 Å². The van der Waals surface area contributed by atoms with E-state index >= 15 is 0 Å². The van der Waals surface area contributed by atoms with Crippen molar-refractivity contribution < 1.29 is 9.53 Å². The molecule has 0 aromatic heterocycles. The fourth-order valence-electron chi connectivity index (χ4n) is 2.92. The Balaban J connectivity index is 1.76. The topological polar surface area (TPSA) is 26.3 Å². The van der Waals surface area contributed by atoms with Crippen molar-refractivity contribution in [1.82, 2.24) is 0 Å². The molecule has 1 aliphatic rings. The van der Waals surface area contributed by atoms with Gasteiger partial charge in [-0.1, -0.05) is 55.8 Å². The molecule has 23 heavy (non-hydrogen) atoms. The van der Waals surface area contributed by atoms with Gasteiger partial charge in [0.25, 0.3) is 0 Å². The molecule has 0 bridgehead atoms. The molecule has 2 aromatic rings. The predicted octanol–water partition coefficient (Wildman–Crippen LogP) is 5.48. The Kier molecular flexibility index (Phi) is 4.45. The summed E-state index contributed by atoms with van der Waals surface area (Å²) in [6, 6.07) is 13.9. The van der Waals surface area contributed by atoms with Crippen molar-refractivity contribution in [3.05, 3.63) is 64.2 Å². The van der Waals surface area contributed by atoms with Crippen LogP contribution in [-0.4, -0.2) is 5.97 Å².